The standard InChI is InChI=1S/C52H31N3S/c1-3-12-32(13-4-1)33-22-24-34(25-23-33)43-31-44(54-52(53-43)35-14-5-2-6-15-35)36-26-28-46-42(30-36)41-27-29-48-50-49-40(19-11-21-47(49)56-48)38-17-8-7-16-37(38)39-18-9-10-20-45(39)55(46)51(41)50/h1-31H. The lowest BCUT2D eigenvalue weighted by Gasteiger charge is -2.10. The second-order valence-electron chi connectivity index (χ2n) is 14.5. The Hall–Kier alpha value is -7.14. The Morgan fingerprint density at radius 2 is 0.911 bits per heavy atom. The summed E-state index contributed by atoms with van der Waals surface area (Å²) in [6, 6.07) is 67.8. The summed E-state index contributed by atoms with van der Waals surface area (Å²) in [6.45, 7) is 0. The second-order valence-corrected chi connectivity index (χ2v) is 15.6. The molecule has 12 rings (SSSR count). The maximum Gasteiger partial charge on any atom is 0.160 e. The minimum atomic E-state index is 0.710. The zero-order valence-corrected chi connectivity index (χ0v) is 31.0. The lowest BCUT2D eigenvalue weighted by Crippen LogP contribution is -1.96. The highest BCUT2D eigenvalue weighted by molar-refractivity contribution is 7.26. The predicted molar refractivity (Wildman–Crippen MR) is 238 cm³/mol. The Balaban J connectivity index is 1.15. The van der Waals surface area contributed by atoms with Crippen molar-refractivity contribution in [2.24, 2.45) is 0 Å². The third-order valence-corrected chi connectivity index (χ3v) is 12.5. The number of aromatic nitrogens is 3. The van der Waals surface area contributed by atoms with Crippen molar-refractivity contribution in [2.45, 2.75) is 0 Å². The molecule has 0 aliphatic rings. The number of thiophene rings is 1. The van der Waals surface area contributed by atoms with Gasteiger partial charge in [0.05, 0.1) is 27.9 Å². The summed E-state index contributed by atoms with van der Waals surface area (Å²) in [5.41, 5.74) is 10.9. The van der Waals surface area contributed by atoms with Gasteiger partial charge in [0.15, 0.2) is 5.82 Å². The van der Waals surface area contributed by atoms with Gasteiger partial charge in [0, 0.05) is 53.0 Å². The molecule has 0 N–H and O–H groups in total. The molecule has 4 heterocycles. The molecule has 0 spiro atoms. The van der Waals surface area contributed by atoms with Gasteiger partial charge in [-0.05, 0) is 63.7 Å². The largest absolute Gasteiger partial charge is 0.308 e. The molecule has 56 heavy (non-hydrogen) atoms. The highest BCUT2D eigenvalue weighted by Crippen LogP contribution is 2.46. The van der Waals surface area contributed by atoms with Crippen LogP contribution in [0.15, 0.2) is 188 Å². The number of hydrogen-bond acceptors (Lipinski definition) is 3. The highest BCUT2D eigenvalue weighted by atomic mass is 32.1. The third-order valence-electron chi connectivity index (χ3n) is 11.4. The number of rotatable bonds is 4. The van der Waals surface area contributed by atoms with Crippen LogP contribution in [-0.2, 0) is 0 Å². The topological polar surface area (TPSA) is 30.2 Å². The Morgan fingerprint density at radius 1 is 0.339 bits per heavy atom. The first kappa shape index (κ1) is 31.2. The van der Waals surface area contributed by atoms with Gasteiger partial charge in [-0.3, -0.25) is 0 Å². The molecular weight excluding hydrogens is 699 g/mol. The molecule has 0 atom stereocenters. The third kappa shape index (κ3) is 4.70. The minimum absolute atomic E-state index is 0.710. The molecule has 3 nitrogen and oxygen atoms in total. The van der Waals surface area contributed by atoms with Crippen LogP contribution in [0.25, 0.3) is 114 Å². The summed E-state index contributed by atoms with van der Waals surface area (Å²) in [5, 5.41) is 10.1. The highest BCUT2D eigenvalue weighted by Gasteiger charge is 2.20. The first-order chi connectivity index (χ1) is 27.8. The van der Waals surface area contributed by atoms with Crippen LogP contribution in [0.5, 0.6) is 0 Å². The van der Waals surface area contributed by atoms with Gasteiger partial charge in [0.2, 0.25) is 0 Å². The Bertz CT molecular complexity index is 3490. The van der Waals surface area contributed by atoms with Gasteiger partial charge in [-0.1, -0.05) is 152 Å². The smallest absolute Gasteiger partial charge is 0.160 e. The molecule has 0 aliphatic carbocycles. The van der Waals surface area contributed by atoms with E-state index in [0.717, 1.165) is 28.1 Å². The van der Waals surface area contributed by atoms with Crippen LogP contribution in [-0.4, -0.2) is 14.4 Å². The Labute approximate surface area is 326 Å². The fourth-order valence-corrected chi connectivity index (χ4v) is 9.95. The number of para-hydroxylation sites is 1. The molecule has 0 bridgehead atoms. The van der Waals surface area contributed by atoms with Gasteiger partial charge < -0.3 is 4.40 Å². The summed E-state index contributed by atoms with van der Waals surface area (Å²) >= 11 is 1.88. The normalized spacial score (nSPS) is 11.9. The Morgan fingerprint density at radius 3 is 1.70 bits per heavy atom. The lowest BCUT2D eigenvalue weighted by molar-refractivity contribution is 1.18. The molecule has 260 valence electrons. The van der Waals surface area contributed by atoms with Crippen molar-refractivity contribution >= 4 is 80.4 Å². The van der Waals surface area contributed by atoms with E-state index in [1.807, 2.05) is 29.5 Å². The maximum atomic E-state index is 5.24. The quantitative estimate of drug-likeness (QED) is 0.181. The molecule has 0 saturated heterocycles. The summed E-state index contributed by atoms with van der Waals surface area (Å²) in [5.74, 6) is 0.710. The zero-order valence-electron chi connectivity index (χ0n) is 30.1. The number of fused-ring (bicyclic) bond motifs is 8. The maximum absolute atomic E-state index is 5.24. The van der Waals surface area contributed by atoms with Crippen LogP contribution in [0.1, 0.15) is 0 Å². The fraction of sp³-hybridized carbons (Fsp3) is 0. The van der Waals surface area contributed by atoms with Crippen molar-refractivity contribution in [3.8, 4) is 45.0 Å². The summed E-state index contributed by atoms with van der Waals surface area (Å²) in [4.78, 5) is 10.4. The molecule has 0 aliphatic heterocycles. The average Bonchev–Trinajstić information content (AvgIpc) is 3.83. The molecule has 0 saturated carbocycles. The van der Waals surface area contributed by atoms with E-state index in [4.69, 9.17) is 9.97 Å². The van der Waals surface area contributed by atoms with Gasteiger partial charge in [0.1, 0.15) is 0 Å². The van der Waals surface area contributed by atoms with Gasteiger partial charge in [-0.25, -0.2) is 9.97 Å². The first-order valence-corrected chi connectivity index (χ1v) is 19.8. The van der Waals surface area contributed by atoms with Crippen molar-refractivity contribution in [1.29, 1.82) is 0 Å². The molecular formula is C52H31N3S. The molecule has 0 unspecified atom stereocenters. The van der Waals surface area contributed by atoms with E-state index in [1.165, 1.54) is 80.2 Å². The van der Waals surface area contributed by atoms with E-state index in [2.05, 4.69) is 174 Å². The van der Waals surface area contributed by atoms with Crippen LogP contribution in [0.4, 0.5) is 0 Å². The average molecular weight is 730 g/mol. The van der Waals surface area contributed by atoms with E-state index in [-0.39, 0.29) is 0 Å². The summed E-state index contributed by atoms with van der Waals surface area (Å²) in [6.07, 6.45) is 0. The number of hydrogen-bond donors (Lipinski definition) is 0. The molecule has 12 aromatic rings. The van der Waals surface area contributed by atoms with Gasteiger partial charge >= 0.3 is 0 Å². The van der Waals surface area contributed by atoms with Crippen LogP contribution in [0, 0.1) is 0 Å². The molecule has 4 aromatic heterocycles. The minimum Gasteiger partial charge on any atom is -0.308 e. The van der Waals surface area contributed by atoms with E-state index >= 15 is 0 Å². The second kappa shape index (κ2) is 12.2. The summed E-state index contributed by atoms with van der Waals surface area (Å²) < 4.78 is 5.13. The predicted octanol–water partition coefficient (Wildman–Crippen LogP) is 14.4. The van der Waals surface area contributed by atoms with Crippen molar-refractivity contribution < 1.29 is 0 Å². The van der Waals surface area contributed by atoms with Gasteiger partial charge in [-0.15, -0.1) is 11.3 Å². The fourth-order valence-electron chi connectivity index (χ4n) is 8.82. The lowest BCUT2D eigenvalue weighted by atomic mass is 10.00. The van der Waals surface area contributed by atoms with E-state index in [1.54, 1.807) is 0 Å². The monoisotopic (exact) mass is 729 g/mol. The van der Waals surface area contributed by atoms with E-state index < -0.39 is 0 Å². The van der Waals surface area contributed by atoms with Crippen LogP contribution in [0.2, 0.25) is 0 Å². The van der Waals surface area contributed by atoms with Crippen molar-refractivity contribution in [2.75, 3.05) is 0 Å². The molecule has 0 radical (unpaired) electrons. The van der Waals surface area contributed by atoms with Crippen molar-refractivity contribution in [1.82, 2.24) is 14.4 Å². The first-order valence-electron chi connectivity index (χ1n) is 19.0. The Kier molecular flexibility index (Phi) is 6.80. The van der Waals surface area contributed by atoms with Crippen LogP contribution >= 0.6 is 11.3 Å². The SMILES string of the molecule is c1ccc(-c2ccc(-c3cc(-c4ccc5c(c4)c4ccc6sc7cccc8c9ccccc9c9ccccc9n5c4c6c78)nc(-c4ccccc4)n3)cc2)cc1. The van der Waals surface area contributed by atoms with Gasteiger partial charge in [-0.2, -0.15) is 0 Å². The van der Waals surface area contributed by atoms with Gasteiger partial charge in [0.25, 0.3) is 0 Å². The van der Waals surface area contributed by atoms with Crippen molar-refractivity contribution in [3.63, 3.8) is 0 Å². The molecule has 0 amide bonds. The molecule has 8 aromatic carbocycles. The number of nitrogens with zero attached hydrogens (tertiary/aromatic N) is 3. The molecule has 4 heteroatoms. The van der Waals surface area contributed by atoms with E-state index in [0.29, 0.717) is 5.82 Å². The van der Waals surface area contributed by atoms with E-state index in [9.17, 15) is 0 Å². The number of benzene rings is 8. The zero-order chi connectivity index (χ0) is 36.7. The summed E-state index contributed by atoms with van der Waals surface area (Å²) in [7, 11) is 0. The van der Waals surface area contributed by atoms with Crippen molar-refractivity contribution in [3.05, 3.63) is 188 Å². The molecule has 0 fully saturated rings. The van der Waals surface area contributed by atoms with Crippen LogP contribution < -0.4 is 0 Å². The van der Waals surface area contributed by atoms with Crippen LogP contribution in [0.3, 0.4) is 0 Å².